The van der Waals surface area contributed by atoms with Crippen molar-refractivity contribution in [3.05, 3.63) is 71.5 Å². The second kappa shape index (κ2) is 10.4. The Kier molecular flexibility index (Phi) is 8.19. The Bertz CT molecular complexity index is 811. The van der Waals surface area contributed by atoms with E-state index < -0.39 is 15.7 Å². The third-order valence-electron chi connectivity index (χ3n) is 3.89. The van der Waals surface area contributed by atoms with Gasteiger partial charge in [-0.2, -0.15) is 0 Å². The lowest BCUT2D eigenvalue weighted by Gasteiger charge is -2.07. The maximum atomic E-state index is 13.5. The Labute approximate surface area is 159 Å². The van der Waals surface area contributed by atoms with Crippen LogP contribution in [0.1, 0.15) is 25.7 Å². The lowest BCUT2D eigenvalue weighted by molar-refractivity contribution is 0.572. The van der Waals surface area contributed by atoms with Gasteiger partial charge in [0, 0.05) is 17.1 Å². The van der Waals surface area contributed by atoms with Crippen molar-refractivity contribution in [1.82, 2.24) is 5.32 Å². The maximum absolute atomic E-state index is 13.5. The molecule has 0 atom stereocenters. The summed E-state index contributed by atoms with van der Waals surface area (Å²) in [6.07, 6.45) is 5.87. The van der Waals surface area contributed by atoms with E-state index in [0.717, 1.165) is 37.3 Å². The first-order chi connectivity index (χ1) is 12.5. The monoisotopic (exact) mass is 393 g/mol. The Morgan fingerprint density at radius 2 is 1.69 bits per heavy atom. The normalized spacial score (nSPS) is 16.2. The van der Waals surface area contributed by atoms with Crippen LogP contribution >= 0.6 is 11.8 Å². The average molecular weight is 394 g/mol. The molecule has 0 saturated carbocycles. The van der Waals surface area contributed by atoms with E-state index in [1.54, 1.807) is 11.8 Å². The van der Waals surface area contributed by atoms with Crippen LogP contribution in [0.4, 0.5) is 4.39 Å². The quantitative estimate of drug-likeness (QED) is 0.745. The van der Waals surface area contributed by atoms with Crippen molar-refractivity contribution in [2.24, 2.45) is 0 Å². The number of benzene rings is 2. The summed E-state index contributed by atoms with van der Waals surface area (Å²) in [6.45, 7) is 0.776. The molecule has 0 unspecified atom stereocenters. The lowest BCUT2D eigenvalue weighted by Crippen LogP contribution is -2.14. The number of hydrogen-bond donors (Lipinski definition) is 1. The summed E-state index contributed by atoms with van der Waals surface area (Å²) in [5.41, 5.74) is 0.677. The number of sulfone groups is 1. The van der Waals surface area contributed by atoms with Crippen molar-refractivity contribution in [3.8, 4) is 0 Å². The second-order valence-corrected chi connectivity index (χ2v) is 8.52. The number of halogens is 1. The summed E-state index contributed by atoms with van der Waals surface area (Å²) < 4.78 is 37.6. The molecule has 1 N–H and O–H groups in total. The van der Waals surface area contributed by atoms with Crippen LogP contribution in [0.3, 0.4) is 0 Å². The standard InChI is InChI=1S/C13H16FNO2S.C7H8S/c14-12-7-3-4-8-13(12)18(16,17)10-11-6-2-1-5-9-15-11;1-8-7-5-3-2-4-6-7/h3-4,7-8,10,15H,1-2,5-6,9H2;2-6H,1H3/b11-10-;. The van der Waals surface area contributed by atoms with Crippen LogP contribution in [-0.2, 0) is 9.84 Å². The molecule has 140 valence electrons. The van der Waals surface area contributed by atoms with Gasteiger partial charge in [0.05, 0.1) is 5.41 Å². The summed E-state index contributed by atoms with van der Waals surface area (Å²) in [6, 6.07) is 15.8. The molecule has 1 saturated heterocycles. The Morgan fingerprint density at radius 1 is 1.00 bits per heavy atom. The summed E-state index contributed by atoms with van der Waals surface area (Å²) in [5.74, 6) is -0.706. The van der Waals surface area contributed by atoms with Gasteiger partial charge in [-0.05, 0) is 49.8 Å². The number of nitrogens with one attached hydrogen (secondary N) is 1. The van der Waals surface area contributed by atoms with E-state index in [2.05, 4.69) is 23.7 Å². The highest BCUT2D eigenvalue weighted by Gasteiger charge is 2.17. The predicted molar refractivity (Wildman–Crippen MR) is 106 cm³/mol. The summed E-state index contributed by atoms with van der Waals surface area (Å²) in [4.78, 5) is 1.07. The minimum Gasteiger partial charge on any atom is -0.388 e. The van der Waals surface area contributed by atoms with Crippen LogP contribution in [0.25, 0.3) is 0 Å². The molecule has 2 aromatic carbocycles. The molecule has 0 amide bonds. The highest BCUT2D eigenvalue weighted by molar-refractivity contribution is 7.98. The van der Waals surface area contributed by atoms with Gasteiger partial charge in [0.1, 0.15) is 10.7 Å². The number of allylic oxidation sites excluding steroid dienone is 1. The lowest BCUT2D eigenvalue weighted by atomic mass is 10.2. The molecule has 6 heteroatoms. The van der Waals surface area contributed by atoms with E-state index in [9.17, 15) is 12.8 Å². The van der Waals surface area contributed by atoms with E-state index in [0.29, 0.717) is 12.1 Å². The second-order valence-electron chi connectivity index (χ2n) is 5.87. The molecule has 0 bridgehead atoms. The molecule has 1 fully saturated rings. The van der Waals surface area contributed by atoms with Gasteiger partial charge >= 0.3 is 0 Å². The molecule has 1 heterocycles. The van der Waals surface area contributed by atoms with Gasteiger partial charge in [0.2, 0.25) is 9.84 Å². The number of hydrogen-bond acceptors (Lipinski definition) is 4. The summed E-state index contributed by atoms with van der Waals surface area (Å²) >= 11 is 1.77. The fourth-order valence-electron chi connectivity index (χ4n) is 2.54. The first-order valence-electron chi connectivity index (χ1n) is 8.56. The molecule has 0 spiro atoms. The first-order valence-corrected chi connectivity index (χ1v) is 11.3. The smallest absolute Gasteiger partial charge is 0.204 e. The van der Waals surface area contributed by atoms with Gasteiger partial charge in [-0.1, -0.05) is 36.8 Å². The highest BCUT2D eigenvalue weighted by Crippen LogP contribution is 2.19. The third-order valence-corrected chi connectivity index (χ3v) is 6.18. The van der Waals surface area contributed by atoms with Crippen molar-refractivity contribution in [2.45, 2.75) is 35.5 Å². The van der Waals surface area contributed by atoms with Crippen LogP contribution in [0.15, 0.2) is 75.5 Å². The highest BCUT2D eigenvalue weighted by atomic mass is 32.2. The first kappa shape index (κ1) is 20.5. The Hall–Kier alpha value is -1.79. The zero-order valence-electron chi connectivity index (χ0n) is 14.8. The maximum Gasteiger partial charge on any atom is 0.204 e. The van der Waals surface area contributed by atoms with Crippen molar-refractivity contribution in [3.63, 3.8) is 0 Å². The zero-order valence-corrected chi connectivity index (χ0v) is 16.5. The van der Waals surface area contributed by atoms with Crippen LogP contribution in [0.5, 0.6) is 0 Å². The van der Waals surface area contributed by atoms with Crippen LogP contribution in [0, 0.1) is 5.82 Å². The molecule has 0 aromatic heterocycles. The number of thioether (sulfide) groups is 1. The molecular formula is C20H24FNO2S2. The molecular weight excluding hydrogens is 369 g/mol. The topological polar surface area (TPSA) is 46.2 Å². The molecule has 2 aromatic rings. The van der Waals surface area contributed by atoms with Crippen molar-refractivity contribution in [1.29, 1.82) is 0 Å². The molecule has 3 nitrogen and oxygen atoms in total. The molecule has 1 aliphatic heterocycles. The molecule has 1 aliphatic rings. The van der Waals surface area contributed by atoms with Crippen molar-refractivity contribution >= 4 is 21.6 Å². The molecule has 0 radical (unpaired) electrons. The van der Waals surface area contributed by atoms with E-state index in [1.807, 2.05) is 18.2 Å². The Balaban J connectivity index is 0.000000254. The predicted octanol–water partition coefficient (Wildman–Crippen LogP) is 5.01. The largest absolute Gasteiger partial charge is 0.388 e. The van der Waals surface area contributed by atoms with E-state index in [-0.39, 0.29) is 4.90 Å². The minimum atomic E-state index is -3.71. The Morgan fingerprint density at radius 3 is 2.35 bits per heavy atom. The van der Waals surface area contributed by atoms with Gasteiger partial charge in [-0.25, -0.2) is 12.8 Å². The van der Waals surface area contributed by atoms with E-state index in [1.165, 1.54) is 23.1 Å². The van der Waals surface area contributed by atoms with Crippen LogP contribution < -0.4 is 5.32 Å². The van der Waals surface area contributed by atoms with Gasteiger partial charge in [0.25, 0.3) is 0 Å². The summed E-state index contributed by atoms with van der Waals surface area (Å²) in [5, 5.41) is 4.25. The van der Waals surface area contributed by atoms with Crippen molar-refractivity contribution < 1.29 is 12.8 Å². The van der Waals surface area contributed by atoms with Gasteiger partial charge in [0.15, 0.2) is 0 Å². The van der Waals surface area contributed by atoms with E-state index in [4.69, 9.17) is 0 Å². The molecule has 0 aliphatic carbocycles. The van der Waals surface area contributed by atoms with Gasteiger partial charge in [-0.15, -0.1) is 11.8 Å². The van der Waals surface area contributed by atoms with Crippen LogP contribution in [0.2, 0.25) is 0 Å². The van der Waals surface area contributed by atoms with Crippen molar-refractivity contribution in [2.75, 3.05) is 12.8 Å². The molecule has 3 rings (SSSR count). The minimum absolute atomic E-state index is 0.261. The van der Waals surface area contributed by atoms with Crippen LogP contribution in [-0.4, -0.2) is 21.2 Å². The zero-order chi connectivity index (χ0) is 18.8. The average Bonchev–Trinajstić information content (AvgIpc) is 2.91. The van der Waals surface area contributed by atoms with E-state index >= 15 is 0 Å². The third kappa shape index (κ3) is 6.50. The fourth-order valence-corrected chi connectivity index (χ4v) is 4.28. The van der Waals surface area contributed by atoms with Gasteiger partial charge in [-0.3, -0.25) is 0 Å². The number of rotatable bonds is 3. The fraction of sp³-hybridized carbons (Fsp3) is 0.300. The van der Waals surface area contributed by atoms with Gasteiger partial charge < -0.3 is 5.32 Å². The SMILES string of the molecule is CSc1ccccc1.O=S(=O)(/C=C1/CCCCCN1)c1ccccc1F. The summed E-state index contributed by atoms with van der Waals surface area (Å²) in [7, 11) is -3.71. The molecule has 26 heavy (non-hydrogen) atoms.